The third kappa shape index (κ3) is 11.2. The minimum absolute atomic E-state index is 0.0972. The molecule has 0 aliphatic rings. The number of benzene rings is 3. The molecule has 0 saturated carbocycles. The van der Waals surface area contributed by atoms with Crippen LogP contribution in [-0.4, -0.2) is 114 Å². The van der Waals surface area contributed by atoms with E-state index in [4.69, 9.17) is 41.4 Å². The van der Waals surface area contributed by atoms with E-state index in [1.807, 2.05) is 50.3 Å². The number of carbonyl (C=O) groups is 5. The van der Waals surface area contributed by atoms with Crippen molar-refractivity contribution in [1.29, 1.82) is 0 Å². The Labute approximate surface area is 408 Å². The van der Waals surface area contributed by atoms with Crippen LogP contribution in [-0.2, 0) is 37.4 Å². The molecule has 0 fully saturated rings. The first-order chi connectivity index (χ1) is 34.0. The van der Waals surface area contributed by atoms with E-state index in [1.54, 1.807) is 63.5 Å². The number of primary amides is 2. The summed E-state index contributed by atoms with van der Waals surface area (Å²) in [5.41, 5.74) is 22.5. The fraction of sp³-hybridized carbons (Fsp3) is 0.327. The first-order valence-corrected chi connectivity index (χ1v) is 22.9. The smallest absolute Gasteiger partial charge is 0.276 e. The number of nitrogens with one attached hydrogen (secondary N) is 2. The number of allylic oxidation sites excluding steroid dienone is 2. The van der Waals surface area contributed by atoms with Gasteiger partial charge in [0, 0.05) is 50.9 Å². The van der Waals surface area contributed by atoms with Crippen molar-refractivity contribution in [3.8, 4) is 17.2 Å². The second-order valence-electron chi connectivity index (χ2n) is 16.7. The van der Waals surface area contributed by atoms with E-state index in [0.717, 1.165) is 5.56 Å². The van der Waals surface area contributed by atoms with Crippen LogP contribution >= 0.6 is 0 Å². The van der Waals surface area contributed by atoms with E-state index < -0.39 is 29.7 Å². The normalized spacial score (nSPS) is 11.8. The Kier molecular flexibility index (Phi) is 15.5. The molecular formula is C49H58N14O8. The molecule has 1 atom stereocenters. The van der Waals surface area contributed by atoms with Gasteiger partial charge in [-0.25, -0.2) is 9.97 Å². The summed E-state index contributed by atoms with van der Waals surface area (Å²) in [5.74, 6) is -1.06. The Morgan fingerprint density at radius 2 is 1.21 bits per heavy atom. The van der Waals surface area contributed by atoms with Gasteiger partial charge >= 0.3 is 0 Å². The number of nitrogens with zero attached hydrogens (tertiary/aromatic N) is 9. The number of hydrogen-bond donors (Lipinski definition) is 5. The summed E-state index contributed by atoms with van der Waals surface area (Å²) in [4.78, 5) is 76.9. The van der Waals surface area contributed by atoms with E-state index >= 15 is 0 Å². The van der Waals surface area contributed by atoms with Crippen LogP contribution in [0.4, 0.5) is 11.9 Å². The van der Waals surface area contributed by atoms with Crippen molar-refractivity contribution in [2.24, 2.45) is 17.2 Å². The number of aromatic nitrogens is 8. The van der Waals surface area contributed by atoms with Gasteiger partial charge in [0.25, 0.3) is 11.8 Å². The molecule has 71 heavy (non-hydrogen) atoms. The van der Waals surface area contributed by atoms with Gasteiger partial charge in [0.1, 0.15) is 39.7 Å². The average molecular weight is 971 g/mol. The number of ether oxygens (including phenoxy) is 3. The summed E-state index contributed by atoms with van der Waals surface area (Å²) in [6, 6.07) is 16.0. The minimum Gasteiger partial charge on any atom is -0.497 e. The van der Waals surface area contributed by atoms with Crippen molar-refractivity contribution in [2.75, 3.05) is 45.1 Å². The molecule has 22 nitrogen and oxygen atoms in total. The van der Waals surface area contributed by atoms with E-state index in [2.05, 4.69) is 20.8 Å². The van der Waals surface area contributed by atoms with E-state index in [-0.39, 0.29) is 54.4 Å². The van der Waals surface area contributed by atoms with Crippen molar-refractivity contribution in [2.45, 2.75) is 72.8 Å². The lowest BCUT2D eigenvalue weighted by atomic mass is 10.1. The number of fused-ring (bicyclic) bond motifs is 2. The molecule has 0 bridgehead atoms. The van der Waals surface area contributed by atoms with Crippen LogP contribution in [0.2, 0.25) is 0 Å². The predicted molar refractivity (Wildman–Crippen MR) is 266 cm³/mol. The second kappa shape index (κ2) is 21.8. The molecular weight excluding hydrogens is 913 g/mol. The SMILES string of the molecule is CCn1nc(C)cc1C(=O)Nc1nc2cc(C(N)=O)cc(OC)c2n1C/C=C/Cn1c(NC(=O)c2cc(C)nn2CC)nc2cc(C(N)=O)cc(OCCCN(C)C(=O)[C@@H](N)Cc3ccc(OC)cc3)c21. The number of likely N-dealkylation sites (N-methyl/N-ethyl adjacent to an activating group) is 1. The highest BCUT2D eigenvalue weighted by Crippen LogP contribution is 2.33. The number of methoxy groups -OCH3 is 2. The van der Waals surface area contributed by atoms with Crippen LogP contribution in [0.15, 0.2) is 72.8 Å². The molecule has 5 amide bonds. The zero-order chi connectivity index (χ0) is 51.1. The van der Waals surface area contributed by atoms with Crippen LogP contribution < -0.4 is 42.0 Å². The molecule has 0 unspecified atom stereocenters. The maximum Gasteiger partial charge on any atom is 0.276 e. The van der Waals surface area contributed by atoms with E-state index in [9.17, 15) is 24.0 Å². The van der Waals surface area contributed by atoms with Gasteiger partial charge in [-0.3, -0.25) is 44.0 Å². The molecule has 8 N–H and O–H groups in total. The number of anilines is 2. The van der Waals surface area contributed by atoms with Gasteiger partial charge in [0.15, 0.2) is 0 Å². The summed E-state index contributed by atoms with van der Waals surface area (Å²) < 4.78 is 23.9. The van der Waals surface area contributed by atoms with Gasteiger partial charge in [-0.1, -0.05) is 24.3 Å². The molecule has 3 aromatic carbocycles. The zero-order valence-electron chi connectivity index (χ0n) is 40.7. The lowest BCUT2D eigenvalue weighted by Crippen LogP contribution is -2.43. The van der Waals surface area contributed by atoms with Crippen molar-refractivity contribution >= 4 is 63.5 Å². The Morgan fingerprint density at radius 3 is 1.68 bits per heavy atom. The fourth-order valence-electron chi connectivity index (χ4n) is 8.17. The van der Waals surface area contributed by atoms with Crippen molar-refractivity contribution in [3.05, 3.63) is 112 Å². The molecule has 0 aliphatic heterocycles. The second-order valence-corrected chi connectivity index (χ2v) is 16.7. The monoisotopic (exact) mass is 970 g/mol. The molecule has 0 radical (unpaired) electrons. The number of carbonyl (C=O) groups excluding carboxylic acids is 5. The molecule has 0 spiro atoms. The van der Waals surface area contributed by atoms with Crippen LogP contribution in [0.3, 0.4) is 0 Å². The molecule has 7 rings (SSSR count). The van der Waals surface area contributed by atoms with Gasteiger partial charge in [-0.15, -0.1) is 0 Å². The van der Waals surface area contributed by atoms with E-state index in [0.29, 0.717) is 88.8 Å². The minimum atomic E-state index is -0.771. The summed E-state index contributed by atoms with van der Waals surface area (Å²) >= 11 is 0. The topological polar surface area (TPSA) is 290 Å². The number of imidazole rings is 2. The Bertz CT molecular complexity index is 3160. The first-order valence-electron chi connectivity index (χ1n) is 22.9. The third-order valence-corrected chi connectivity index (χ3v) is 11.7. The highest BCUT2D eigenvalue weighted by Gasteiger charge is 2.24. The number of aryl methyl sites for hydroxylation is 4. The molecule has 372 valence electrons. The summed E-state index contributed by atoms with van der Waals surface area (Å²) in [7, 11) is 4.70. The fourth-order valence-corrected chi connectivity index (χ4v) is 8.17. The number of amides is 5. The Morgan fingerprint density at radius 1 is 0.718 bits per heavy atom. The lowest BCUT2D eigenvalue weighted by Gasteiger charge is -2.21. The van der Waals surface area contributed by atoms with Gasteiger partial charge in [-0.05, 0) is 94.6 Å². The third-order valence-electron chi connectivity index (χ3n) is 11.7. The van der Waals surface area contributed by atoms with Crippen LogP contribution in [0.1, 0.15) is 78.9 Å². The molecule has 0 aliphatic carbocycles. The van der Waals surface area contributed by atoms with Crippen LogP contribution in [0.25, 0.3) is 22.1 Å². The predicted octanol–water partition coefficient (Wildman–Crippen LogP) is 4.21. The van der Waals surface area contributed by atoms with Gasteiger partial charge < -0.3 is 45.4 Å². The van der Waals surface area contributed by atoms with Crippen LogP contribution in [0.5, 0.6) is 17.2 Å². The number of rotatable bonds is 22. The van der Waals surface area contributed by atoms with E-state index in [1.165, 1.54) is 31.4 Å². The number of nitrogens with two attached hydrogens (primary N) is 3. The standard InChI is InChI=1S/C49H58N14O8/c1-8-62-37(21-28(3)57-62)45(66)55-48-53-35-24-31(43(51)64)26-39(70-7)41(35)60(48)18-10-11-19-61-42-36(54-49(61)56-46(67)38-22-29(4)58-63(38)9-2)25-32(44(52)65)27-40(42)71-20-12-17-59(5)47(68)34(50)23-30-13-15-33(69-6)16-14-30/h10-11,13-16,21-22,24-27,34H,8-9,12,17-20,23,50H2,1-7H3,(H2,51,64)(H2,52,65)(H,53,55,66)(H,54,56,67)/b11-10+/t34-/m0/s1. The van der Waals surface area contributed by atoms with Crippen molar-refractivity contribution in [3.63, 3.8) is 0 Å². The number of hydrogen-bond acceptors (Lipinski definition) is 13. The molecule has 22 heteroatoms. The largest absolute Gasteiger partial charge is 0.497 e. The maximum atomic E-state index is 13.9. The quantitative estimate of drug-likeness (QED) is 0.0471. The van der Waals surface area contributed by atoms with Gasteiger partial charge in [0.2, 0.25) is 29.6 Å². The Balaban J connectivity index is 1.20. The van der Waals surface area contributed by atoms with Crippen molar-refractivity contribution in [1.82, 2.24) is 43.6 Å². The molecule has 0 saturated heterocycles. The molecule has 4 aromatic heterocycles. The van der Waals surface area contributed by atoms with Crippen LogP contribution in [0, 0.1) is 13.8 Å². The highest BCUT2D eigenvalue weighted by atomic mass is 16.5. The first kappa shape index (κ1) is 50.3. The molecule has 4 heterocycles. The Hall–Kier alpha value is -8.53. The summed E-state index contributed by atoms with van der Waals surface area (Å²) in [6.07, 6.45) is 4.36. The summed E-state index contributed by atoms with van der Waals surface area (Å²) in [6.45, 7) is 8.86. The van der Waals surface area contributed by atoms with Gasteiger partial charge in [0.05, 0.1) is 49.3 Å². The average Bonchev–Trinajstić information content (AvgIpc) is 4.12. The zero-order valence-corrected chi connectivity index (χ0v) is 40.7. The van der Waals surface area contributed by atoms with Gasteiger partial charge in [-0.2, -0.15) is 10.2 Å². The van der Waals surface area contributed by atoms with Crippen molar-refractivity contribution < 1.29 is 38.2 Å². The highest BCUT2D eigenvalue weighted by molar-refractivity contribution is 6.05. The summed E-state index contributed by atoms with van der Waals surface area (Å²) in [5, 5.41) is 14.7. The maximum absolute atomic E-state index is 13.9. The lowest BCUT2D eigenvalue weighted by molar-refractivity contribution is -0.131. The molecule has 7 aromatic rings.